The zero-order chi connectivity index (χ0) is 18.1. The van der Waals surface area contributed by atoms with Crippen molar-refractivity contribution in [1.29, 1.82) is 0 Å². The third-order valence-electron chi connectivity index (χ3n) is 4.14. The molecule has 4 rings (SSSR count). The number of aromatic nitrogens is 6. The van der Waals surface area contributed by atoms with Crippen molar-refractivity contribution in [2.24, 2.45) is 7.05 Å². The Labute approximate surface area is 149 Å². The molecule has 0 spiro atoms. The number of anilines is 1. The molecule has 0 aliphatic carbocycles. The Morgan fingerprint density at radius 2 is 2.12 bits per heavy atom. The van der Waals surface area contributed by atoms with Crippen LogP contribution in [0.4, 0.5) is 5.95 Å². The van der Waals surface area contributed by atoms with Crippen LogP contribution in [0.2, 0.25) is 0 Å². The third kappa shape index (κ3) is 2.92. The molecule has 0 radical (unpaired) electrons. The van der Waals surface area contributed by atoms with Crippen molar-refractivity contribution in [3.8, 4) is 11.3 Å². The van der Waals surface area contributed by atoms with E-state index in [1.165, 1.54) is 6.20 Å². The van der Waals surface area contributed by atoms with Crippen LogP contribution in [0.5, 0.6) is 0 Å². The molecule has 0 unspecified atom stereocenters. The molecule has 8 heteroatoms. The number of aryl methyl sites for hydroxylation is 2. The lowest BCUT2D eigenvalue weighted by molar-refractivity contribution is 0.102. The van der Waals surface area contributed by atoms with Crippen LogP contribution in [0, 0.1) is 0 Å². The van der Waals surface area contributed by atoms with Gasteiger partial charge in [-0.05, 0) is 13.0 Å². The number of rotatable bonds is 4. The molecule has 0 saturated heterocycles. The van der Waals surface area contributed by atoms with Gasteiger partial charge in [0.2, 0.25) is 5.95 Å². The van der Waals surface area contributed by atoms with E-state index in [4.69, 9.17) is 0 Å². The first-order valence-electron chi connectivity index (χ1n) is 8.21. The van der Waals surface area contributed by atoms with Crippen LogP contribution in [0.15, 0.2) is 49.3 Å². The molecule has 3 aromatic heterocycles. The van der Waals surface area contributed by atoms with Gasteiger partial charge in [0.1, 0.15) is 0 Å². The van der Waals surface area contributed by atoms with E-state index in [-0.39, 0.29) is 11.9 Å². The van der Waals surface area contributed by atoms with E-state index in [1.54, 1.807) is 29.6 Å². The second-order valence-corrected chi connectivity index (χ2v) is 5.90. The van der Waals surface area contributed by atoms with Gasteiger partial charge in [0.05, 0.1) is 35.5 Å². The highest BCUT2D eigenvalue weighted by atomic mass is 16.1. The van der Waals surface area contributed by atoms with Crippen LogP contribution in [0.3, 0.4) is 0 Å². The maximum absolute atomic E-state index is 12.3. The first-order chi connectivity index (χ1) is 12.6. The highest BCUT2D eigenvalue weighted by Gasteiger charge is 2.11. The summed E-state index contributed by atoms with van der Waals surface area (Å²) in [4.78, 5) is 25.2. The molecular formula is C18H17N7O. The van der Waals surface area contributed by atoms with Gasteiger partial charge in [-0.3, -0.25) is 14.8 Å². The van der Waals surface area contributed by atoms with Gasteiger partial charge in [0.15, 0.2) is 0 Å². The number of benzene rings is 1. The Balaban J connectivity index is 1.64. The summed E-state index contributed by atoms with van der Waals surface area (Å²) < 4.78 is 3.63. The van der Waals surface area contributed by atoms with Gasteiger partial charge in [-0.2, -0.15) is 5.10 Å². The second-order valence-electron chi connectivity index (χ2n) is 5.90. The van der Waals surface area contributed by atoms with Gasteiger partial charge in [-0.15, -0.1) is 0 Å². The standard InChI is InChI=1S/C18H17N7O/c1-3-25-10-14(8-21-25)17(26)23-18-20-7-13-5-4-12(6-15(13)22-18)16-9-19-11-24(16)2/h4-11H,3H2,1-2H3,(H,20,22,23,26). The zero-order valence-electron chi connectivity index (χ0n) is 14.4. The van der Waals surface area contributed by atoms with Crippen LogP contribution in [0.25, 0.3) is 22.2 Å². The Kier molecular flexibility index (Phi) is 3.92. The lowest BCUT2D eigenvalue weighted by Crippen LogP contribution is -2.13. The molecule has 0 atom stereocenters. The Morgan fingerprint density at radius 3 is 2.85 bits per heavy atom. The van der Waals surface area contributed by atoms with E-state index >= 15 is 0 Å². The normalized spacial score (nSPS) is 11.0. The number of fused-ring (bicyclic) bond motifs is 1. The number of carbonyl (C=O) groups is 1. The highest BCUT2D eigenvalue weighted by Crippen LogP contribution is 2.23. The van der Waals surface area contributed by atoms with Crippen LogP contribution in [-0.4, -0.2) is 35.2 Å². The first kappa shape index (κ1) is 15.9. The van der Waals surface area contributed by atoms with Crippen LogP contribution in [-0.2, 0) is 13.6 Å². The maximum atomic E-state index is 12.3. The predicted molar refractivity (Wildman–Crippen MR) is 97.6 cm³/mol. The molecule has 0 saturated carbocycles. The van der Waals surface area contributed by atoms with Gasteiger partial charge < -0.3 is 4.57 Å². The Bertz CT molecular complexity index is 1100. The number of hydrogen-bond donors (Lipinski definition) is 1. The van der Waals surface area contributed by atoms with Gasteiger partial charge >= 0.3 is 0 Å². The molecule has 1 amide bonds. The molecule has 0 aliphatic heterocycles. The summed E-state index contributed by atoms with van der Waals surface area (Å²) in [5, 5.41) is 7.72. The van der Waals surface area contributed by atoms with Gasteiger partial charge in [0.25, 0.3) is 5.91 Å². The molecule has 8 nitrogen and oxygen atoms in total. The number of hydrogen-bond acceptors (Lipinski definition) is 5. The average Bonchev–Trinajstić information content (AvgIpc) is 3.30. The minimum Gasteiger partial charge on any atom is -0.334 e. The number of carbonyl (C=O) groups excluding carboxylic acids is 1. The minimum atomic E-state index is -0.285. The summed E-state index contributed by atoms with van der Waals surface area (Å²) in [6, 6.07) is 5.91. The second kappa shape index (κ2) is 6.40. The highest BCUT2D eigenvalue weighted by molar-refractivity contribution is 6.03. The average molecular weight is 347 g/mol. The zero-order valence-corrected chi connectivity index (χ0v) is 14.4. The molecule has 26 heavy (non-hydrogen) atoms. The van der Waals surface area contributed by atoms with E-state index in [9.17, 15) is 4.79 Å². The lowest BCUT2D eigenvalue weighted by Gasteiger charge is -2.06. The van der Waals surface area contributed by atoms with Gasteiger partial charge in [0, 0.05) is 36.9 Å². The molecule has 3 heterocycles. The predicted octanol–water partition coefficient (Wildman–Crippen LogP) is 2.50. The van der Waals surface area contributed by atoms with Gasteiger partial charge in [-0.1, -0.05) is 12.1 Å². The summed E-state index contributed by atoms with van der Waals surface area (Å²) >= 11 is 0. The smallest absolute Gasteiger partial charge is 0.261 e. The molecule has 1 N–H and O–H groups in total. The minimum absolute atomic E-state index is 0.258. The summed E-state index contributed by atoms with van der Waals surface area (Å²) in [5.41, 5.74) is 3.21. The van der Waals surface area contributed by atoms with E-state index in [2.05, 4.69) is 25.4 Å². The fraction of sp³-hybridized carbons (Fsp3) is 0.167. The Hall–Kier alpha value is -3.55. The Morgan fingerprint density at radius 1 is 1.23 bits per heavy atom. The van der Waals surface area contributed by atoms with Crippen LogP contribution in [0.1, 0.15) is 17.3 Å². The van der Waals surface area contributed by atoms with Crippen molar-refractivity contribution in [2.45, 2.75) is 13.5 Å². The number of imidazole rings is 1. The van der Waals surface area contributed by atoms with Crippen molar-refractivity contribution in [3.05, 3.63) is 54.9 Å². The van der Waals surface area contributed by atoms with Crippen LogP contribution < -0.4 is 5.32 Å². The van der Waals surface area contributed by atoms with Crippen molar-refractivity contribution in [2.75, 3.05) is 5.32 Å². The lowest BCUT2D eigenvalue weighted by atomic mass is 10.1. The van der Waals surface area contributed by atoms with Crippen molar-refractivity contribution < 1.29 is 4.79 Å². The summed E-state index contributed by atoms with van der Waals surface area (Å²) in [5.74, 6) is -0.0271. The van der Waals surface area contributed by atoms with E-state index in [0.29, 0.717) is 12.1 Å². The molecule has 130 valence electrons. The number of amides is 1. The monoisotopic (exact) mass is 347 g/mol. The largest absolute Gasteiger partial charge is 0.334 e. The van der Waals surface area contributed by atoms with Crippen molar-refractivity contribution >= 4 is 22.8 Å². The molecule has 1 aromatic carbocycles. The van der Waals surface area contributed by atoms with E-state index in [1.807, 2.05) is 36.7 Å². The molecule has 4 aromatic rings. The molecule has 0 fully saturated rings. The molecular weight excluding hydrogens is 330 g/mol. The van der Waals surface area contributed by atoms with E-state index in [0.717, 1.165) is 22.2 Å². The third-order valence-corrected chi connectivity index (χ3v) is 4.14. The summed E-state index contributed by atoms with van der Waals surface area (Å²) in [6.07, 6.45) is 8.47. The van der Waals surface area contributed by atoms with Crippen molar-refractivity contribution in [1.82, 2.24) is 29.3 Å². The van der Waals surface area contributed by atoms with Crippen LogP contribution >= 0.6 is 0 Å². The summed E-state index contributed by atoms with van der Waals surface area (Å²) in [7, 11) is 1.94. The topological polar surface area (TPSA) is 90.5 Å². The molecule has 0 aliphatic rings. The van der Waals surface area contributed by atoms with Gasteiger partial charge in [-0.25, -0.2) is 15.0 Å². The molecule has 0 bridgehead atoms. The SMILES string of the molecule is CCn1cc(C(=O)Nc2ncc3ccc(-c4cncn4C)cc3n2)cn1. The fourth-order valence-corrected chi connectivity index (χ4v) is 2.71. The summed E-state index contributed by atoms with van der Waals surface area (Å²) in [6.45, 7) is 2.66. The quantitative estimate of drug-likeness (QED) is 0.612. The first-order valence-corrected chi connectivity index (χ1v) is 8.21. The van der Waals surface area contributed by atoms with E-state index < -0.39 is 0 Å². The van der Waals surface area contributed by atoms with Crippen molar-refractivity contribution in [3.63, 3.8) is 0 Å². The number of nitrogens with one attached hydrogen (secondary N) is 1. The number of nitrogens with zero attached hydrogens (tertiary/aromatic N) is 6. The maximum Gasteiger partial charge on any atom is 0.261 e. The fourth-order valence-electron chi connectivity index (χ4n) is 2.71.